The van der Waals surface area contributed by atoms with E-state index in [0.29, 0.717) is 12.2 Å². The van der Waals surface area contributed by atoms with Crippen LogP contribution in [0.25, 0.3) is 0 Å². The molecular weight excluding hydrogens is 234 g/mol. The van der Waals surface area contributed by atoms with Crippen molar-refractivity contribution in [3.05, 3.63) is 41.5 Å². The Hall–Kier alpha value is -1.92. The second-order valence-electron chi connectivity index (χ2n) is 4.16. The van der Waals surface area contributed by atoms with Gasteiger partial charge in [-0.15, -0.1) is 0 Å². The molecule has 0 radical (unpaired) electrons. The molecule has 6 heteroatoms. The van der Waals surface area contributed by atoms with Gasteiger partial charge in [0.2, 0.25) is 5.89 Å². The van der Waals surface area contributed by atoms with Crippen molar-refractivity contribution in [3.63, 3.8) is 0 Å². The molecule has 4 N–H and O–H groups in total. The number of aliphatic hydroxyl groups is 1. The molecule has 0 aliphatic heterocycles. The van der Waals surface area contributed by atoms with Crippen LogP contribution in [0.3, 0.4) is 0 Å². The van der Waals surface area contributed by atoms with E-state index < -0.39 is 12.1 Å². The van der Waals surface area contributed by atoms with Crippen LogP contribution < -0.4 is 5.73 Å². The second-order valence-corrected chi connectivity index (χ2v) is 4.16. The molecule has 0 fully saturated rings. The van der Waals surface area contributed by atoms with Crippen molar-refractivity contribution in [2.45, 2.75) is 25.5 Å². The Morgan fingerprint density at radius 1 is 1.33 bits per heavy atom. The number of nitrogens with two attached hydrogens (primary N) is 1. The van der Waals surface area contributed by atoms with Gasteiger partial charge in [0.1, 0.15) is 11.8 Å². The summed E-state index contributed by atoms with van der Waals surface area (Å²) in [5, 5.41) is 22.3. The number of rotatable bonds is 4. The lowest BCUT2D eigenvalue weighted by Gasteiger charge is -2.08. The zero-order valence-electron chi connectivity index (χ0n) is 9.95. The minimum Gasteiger partial charge on any atom is -0.508 e. The number of phenolic OH excluding ortho intramolecular Hbond substituents is 1. The van der Waals surface area contributed by atoms with Gasteiger partial charge in [-0.25, -0.2) is 0 Å². The van der Waals surface area contributed by atoms with E-state index >= 15 is 0 Å². The lowest BCUT2D eigenvalue weighted by Crippen LogP contribution is -2.23. The average Bonchev–Trinajstić information content (AvgIpc) is 2.79. The molecule has 2 rings (SSSR count). The lowest BCUT2D eigenvalue weighted by molar-refractivity contribution is 0.146. The fourth-order valence-corrected chi connectivity index (χ4v) is 1.48. The second kappa shape index (κ2) is 5.16. The van der Waals surface area contributed by atoms with Gasteiger partial charge in [0.15, 0.2) is 5.82 Å². The molecule has 0 saturated carbocycles. The van der Waals surface area contributed by atoms with Crippen molar-refractivity contribution in [1.82, 2.24) is 10.1 Å². The number of aliphatic hydroxyl groups excluding tert-OH is 1. The van der Waals surface area contributed by atoms with Crippen molar-refractivity contribution >= 4 is 0 Å². The van der Waals surface area contributed by atoms with Crippen LogP contribution in [0.15, 0.2) is 28.8 Å². The van der Waals surface area contributed by atoms with Crippen LogP contribution >= 0.6 is 0 Å². The Morgan fingerprint density at radius 2 is 2.00 bits per heavy atom. The van der Waals surface area contributed by atoms with E-state index in [9.17, 15) is 5.11 Å². The minimum atomic E-state index is -0.744. The molecule has 18 heavy (non-hydrogen) atoms. The van der Waals surface area contributed by atoms with E-state index in [1.807, 2.05) is 0 Å². The van der Waals surface area contributed by atoms with Crippen LogP contribution in [0, 0.1) is 0 Å². The van der Waals surface area contributed by atoms with Gasteiger partial charge < -0.3 is 20.5 Å². The maximum atomic E-state index is 9.32. The monoisotopic (exact) mass is 249 g/mol. The highest BCUT2D eigenvalue weighted by atomic mass is 16.5. The Kier molecular flexibility index (Phi) is 3.59. The van der Waals surface area contributed by atoms with Crippen molar-refractivity contribution in [3.8, 4) is 5.75 Å². The third-order valence-corrected chi connectivity index (χ3v) is 2.59. The SMILES string of the molecule is C[C@@H](O)[C@H](N)c1nc(Cc2ccc(O)cc2)no1. The third kappa shape index (κ3) is 2.85. The van der Waals surface area contributed by atoms with Crippen molar-refractivity contribution in [1.29, 1.82) is 0 Å². The number of hydrogen-bond acceptors (Lipinski definition) is 6. The molecule has 0 unspecified atom stereocenters. The summed E-state index contributed by atoms with van der Waals surface area (Å²) in [6.45, 7) is 1.56. The van der Waals surface area contributed by atoms with Gasteiger partial charge in [0.25, 0.3) is 0 Å². The third-order valence-electron chi connectivity index (χ3n) is 2.59. The highest BCUT2D eigenvalue weighted by molar-refractivity contribution is 5.27. The molecule has 1 aromatic carbocycles. The van der Waals surface area contributed by atoms with Crippen LogP contribution in [0.2, 0.25) is 0 Å². The summed E-state index contributed by atoms with van der Waals surface area (Å²) in [5.41, 5.74) is 6.63. The summed E-state index contributed by atoms with van der Waals surface area (Å²) in [7, 11) is 0. The Bertz CT molecular complexity index is 508. The molecule has 1 heterocycles. The van der Waals surface area contributed by atoms with Gasteiger partial charge in [0.05, 0.1) is 6.10 Å². The predicted molar refractivity (Wildman–Crippen MR) is 63.8 cm³/mol. The lowest BCUT2D eigenvalue weighted by atomic mass is 10.1. The smallest absolute Gasteiger partial charge is 0.246 e. The standard InChI is InChI=1S/C12H15N3O3/c1-7(16)11(13)12-14-10(15-18-12)6-8-2-4-9(17)5-3-8/h2-5,7,11,16-17H,6,13H2,1H3/t7-,11+/m1/s1. The first kappa shape index (κ1) is 12.5. The zero-order valence-corrected chi connectivity index (χ0v) is 9.95. The Balaban J connectivity index is 2.09. The molecule has 2 aromatic rings. The maximum absolute atomic E-state index is 9.32. The fraction of sp³-hybridized carbons (Fsp3) is 0.333. The summed E-state index contributed by atoms with van der Waals surface area (Å²) in [5.74, 6) is 0.925. The summed E-state index contributed by atoms with van der Waals surface area (Å²) < 4.78 is 4.99. The van der Waals surface area contributed by atoms with E-state index in [4.69, 9.17) is 15.4 Å². The van der Waals surface area contributed by atoms with Crippen LogP contribution in [-0.2, 0) is 6.42 Å². The van der Waals surface area contributed by atoms with Crippen LogP contribution in [0.1, 0.15) is 30.2 Å². The zero-order chi connectivity index (χ0) is 13.1. The van der Waals surface area contributed by atoms with Crippen LogP contribution in [0.4, 0.5) is 0 Å². The molecule has 0 amide bonds. The Labute approximate surface area is 104 Å². The molecular formula is C12H15N3O3. The molecule has 0 aliphatic rings. The largest absolute Gasteiger partial charge is 0.508 e. The van der Waals surface area contributed by atoms with Gasteiger partial charge in [-0.1, -0.05) is 17.3 Å². The number of benzene rings is 1. The molecule has 96 valence electrons. The summed E-state index contributed by atoms with van der Waals surface area (Å²) in [6, 6.07) is 6.07. The van der Waals surface area contributed by atoms with E-state index in [1.54, 1.807) is 31.2 Å². The average molecular weight is 249 g/mol. The van der Waals surface area contributed by atoms with Gasteiger partial charge in [-0.05, 0) is 24.6 Å². The summed E-state index contributed by atoms with van der Waals surface area (Å²) >= 11 is 0. The molecule has 0 saturated heterocycles. The van der Waals surface area contributed by atoms with E-state index in [1.165, 1.54) is 0 Å². The van der Waals surface area contributed by atoms with Crippen molar-refractivity contribution in [2.24, 2.45) is 5.73 Å². The summed E-state index contributed by atoms with van der Waals surface area (Å²) in [4.78, 5) is 4.12. The topological polar surface area (TPSA) is 105 Å². The number of aromatic hydroxyl groups is 1. The van der Waals surface area contributed by atoms with Gasteiger partial charge in [-0.2, -0.15) is 4.98 Å². The highest BCUT2D eigenvalue weighted by Gasteiger charge is 2.19. The summed E-state index contributed by atoms with van der Waals surface area (Å²) in [6.07, 6.45) is -0.261. The highest BCUT2D eigenvalue weighted by Crippen LogP contribution is 2.15. The van der Waals surface area contributed by atoms with Crippen molar-refractivity contribution in [2.75, 3.05) is 0 Å². The molecule has 0 bridgehead atoms. The molecule has 1 aromatic heterocycles. The first-order chi connectivity index (χ1) is 8.56. The first-order valence-electron chi connectivity index (χ1n) is 5.60. The van der Waals surface area contributed by atoms with E-state index in [0.717, 1.165) is 5.56 Å². The number of aromatic nitrogens is 2. The Morgan fingerprint density at radius 3 is 2.61 bits per heavy atom. The molecule has 0 aliphatic carbocycles. The molecule has 2 atom stereocenters. The molecule has 0 spiro atoms. The quantitative estimate of drug-likeness (QED) is 0.738. The van der Waals surface area contributed by atoms with Gasteiger partial charge >= 0.3 is 0 Å². The van der Waals surface area contributed by atoms with Crippen LogP contribution in [0.5, 0.6) is 5.75 Å². The normalized spacial score (nSPS) is 14.4. The van der Waals surface area contributed by atoms with Gasteiger partial charge in [-0.3, -0.25) is 0 Å². The number of phenols is 1. The van der Waals surface area contributed by atoms with E-state index in [2.05, 4.69) is 10.1 Å². The van der Waals surface area contributed by atoms with Gasteiger partial charge in [0, 0.05) is 6.42 Å². The van der Waals surface area contributed by atoms with E-state index in [-0.39, 0.29) is 11.6 Å². The number of nitrogens with zero attached hydrogens (tertiary/aromatic N) is 2. The maximum Gasteiger partial charge on any atom is 0.246 e. The first-order valence-corrected chi connectivity index (χ1v) is 5.60. The number of hydrogen-bond donors (Lipinski definition) is 3. The fourth-order valence-electron chi connectivity index (χ4n) is 1.48. The molecule has 6 nitrogen and oxygen atoms in total. The van der Waals surface area contributed by atoms with Crippen molar-refractivity contribution < 1.29 is 14.7 Å². The van der Waals surface area contributed by atoms with Crippen LogP contribution in [-0.4, -0.2) is 26.5 Å². The minimum absolute atomic E-state index is 0.212. The predicted octanol–water partition coefficient (Wildman–Crippen LogP) is 0.747.